The van der Waals surface area contributed by atoms with Gasteiger partial charge < -0.3 is 9.64 Å². The molecule has 25 heavy (non-hydrogen) atoms. The van der Waals surface area contributed by atoms with Gasteiger partial charge in [-0.25, -0.2) is 0 Å². The van der Waals surface area contributed by atoms with Gasteiger partial charge in [0.05, 0.1) is 5.60 Å². The maximum atomic E-state index is 12.5. The fourth-order valence-corrected chi connectivity index (χ4v) is 4.50. The van der Waals surface area contributed by atoms with E-state index in [0.29, 0.717) is 6.04 Å². The third-order valence-electron chi connectivity index (χ3n) is 5.90. The first kappa shape index (κ1) is 18.4. The molecule has 0 atom stereocenters. The Morgan fingerprint density at radius 3 is 2.44 bits per heavy atom. The Labute approximate surface area is 152 Å². The van der Waals surface area contributed by atoms with E-state index in [1.54, 1.807) is 0 Å². The molecule has 0 bridgehead atoms. The van der Waals surface area contributed by atoms with Crippen LogP contribution in [0.5, 0.6) is 0 Å². The Morgan fingerprint density at radius 1 is 1.20 bits per heavy atom. The van der Waals surface area contributed by atoms with Crippen LogP contribution in [0.1, 0.15) is 52.0 Å². The summed E-state index contributed by atoms with van der Waals surface area (Å²) in [4.78, 5) is 16.9. The maximum absolute atomic E-state index is 12.5. The molecule has 3 rings (SSSR count). The van der Waals surface area contributed by atoms with Gasteiger partial charge >= 0.3 is 0 Å². The Bertz CT molecular complexity index is 591. The lowest BCUT2D eigenvalue weighted by Gasteiger charge is -2.52. The molecule has 1 aliphatic heterocycles. The van der Waals surface area contributed by atoms with Gasteiger partial charge in [0.15, 0.2) is 0 Å². The number of benzene rings is 1. The standard InChI is InChI=1S/C21H32N2O2/c1-5-23-16-21(25-20(2,3)19(23)24)13-11-18(12-14-21)22(4)15-17-9-7-6-8-10-17/h6-10,18H,5,11-16H2,1-4H3/t18-,21-. The molecule has 1 saturated heterocycles. The molecule has 0 radical (unpaired) electrons. The molecule has 1 aliphatic carbocycles. The van der Waals surface area contributed by atoms with Crippen molar-refractivity contribution in [2.45, 2.75) is 70.2 Å². The summed E-state index contributed by atoms with van der Waals surface area (Å²) in [6.07, 6.45) is 4.32. The largest absolute Gasteiger partial charge is 0.357 e. The van der Waals surface area contributed by atoms with Crippen molar-refractivity contribution in [2.24, 2.45) is 0 Å². The Morgan fingerprint density at radius 2 is 1.84 bits per heavy atom. The van der Waals surface area contributed by atoms with Gasteiger partial charge in [-0.1, -0.05) is 30.3 Å². The van der Waals surface area contributed by atoms with Crippen molar-refractivity contribution in [3.8, 4) is 0 Å². The third kappa shape index (κ3) is 3.90. The fraction of sp³-hybridized carbons (Fsp3) is 0.667. The van der Waals surface area contributed by atoms with E-state index < -0.39 is 5.60 Å². The lowest BCUT2D eigenvalue weighted by atomic mass is 9.79. The smallest absolute Gasteiger partial charge is 0.254 e. The predicted octanol–water partition coefficient (Wildman–Crippen LogP) is 3.46. The summed E-state index contributed by atoms with van der Waals surface area (Å²) in [6.45, 7) is 8.42. The van der Waals surface area contributed by atoms with Gasteiger partial charge in [-0.05, 0) is 59.1 Å². The van der Waals surface area contributed by atoms with Crippen LogP contribution in [0.15, 0.2) is 30.3 Å². The number of carbonyl (C=O) groups is 1. The van der Waals surface area contributed by atoms with Crippen LogP contribution in [0.4, 0.5) is 0 Å². The SMILES string of the molecule is CCN1C[C@]2(CC[C@@H](N(C)Cc3ccccc3)CC2)OC(C)(C)C1=O. The van der Waals surface area contributed by atoms with E-state index in [1.807, 2.05) is 18.7 Å². The zero-order chi connectivity index (χ0) is 18.1. The number of nitrogens with zero attached hydrogens (tertiary/aromatic N) is 2. The van der Waals surface area contributed by atoms with E-state index in [4.69, 9.17) is 4.74 Å². The number of rotatable bonds is 4. The van der Waals surface area contributed by atoms with Gasteiger partial charge in [-0.3, -0.25) is 9.69 Å². The summed E-state index contributed by atoms with van der Waals surface area (Å²) in [6, 6.07) is 11.2. The maximum Gasteiger partial charge on any atom is 0.254 e. The van der Waals surface area contributed by atoms with Crippen molar-refractivity contribution in [2.75, 3.05) is 20.1 Å². The van der Waals surface area contributed by atoms with Crippen LogP contribution in [0.25, 0.3) is 0 Å². The molecule has 138 valence electrons. The lowest BCUT2D eigenvalue weighted by Crippen LogP contribution is -2.64. The van der Waals surface area contributed by atoms with Crippen LogP contribution in [-0.4, -0.2) is 53.1 Å². The van der Waals surface area contributed by atoms with Crippen LogP contribution >= 0.6 is 0 Å². The molecule has 1 aromatic rings. The number of morpholine rings is 1. The van der Waals surface area contributed by atoms with Crippen LogP contribution < -0.4 is 0 Å². The van der Waals surface area contributed by atoms with Crippen LogP contribution in [0.3, 0.4) is 0 Å². The van der Waals surface area contributed by atoms with Crippen LogP contribution in [0, 0.1) is 0 Å². The van der Waals surface area contributed by atoms with Crippen LogP contribution in [0.2, 0.25) is 0 Å². The van der Waals surface area contributed by atoms with Gasteiger partial charge in [-0.2, -0.15) is 0 Å². The molecule has 4 nitrogen and oxygen atoms in total. The van der Waals surface area contributed by atoms with Crippen molar-refractivity contribution >= 4 is 5.91 Å². The molecular weight excluding hydrogens is 312 g/mol. The minimum atomic E-state index is -0.697. The summed E-state index contributed by atoms with van der Waals surface area (Å²) < 4.78 is 6.38. The van der Waals surface area contributed by atoms with Crippen molar-refractivity contribution in [3.05, 3.63) is 35.9 Å². The van der Waals surface area contributed by atoms with Gasteiger partial charge in [0.2, 0.25) is 0 Å². The van der Waals surface area contributed by atoms with Crippen molar-refractivity contribution < 1.29 is 9.53 Å². The highest BCUT2D eigenvalue weighted by atomic mass is 16.5. The Balaban J connectivity index is 1.62. The van der Waals surface area contributed by atoms with Gasteiger partial charge in [0, 0.05) is 25.7 Å². The van der Waals surface area contributed by atoms with Gasteiger partial charge in [-0.15, -0.1) is 0 Å². The average molecular weight is 344 g/mol. The molecule has 1 spiro atoms. The second-order valence-corrected chi connectivity index (χ2v) is 8.25. The van der Waals surface area contributed by atoms with Crippen molar-refractivity contribution in [1.29, 1.82) is 0 Å². The highest BCUT2D eigenvalue weighted by Crippen LogP contribution is 2.41. The lowest BCUT2D eigenvalue weighted by molar-refractivity contribution is -0.215. The van der Waals surface area contributed by atoms with Crippen molar-refractivity contribution in [3.63, 3.8) is 0 Å². The minimum absolute atomic E-state index is 0.129. The molecule has 1 aromatic carbocycles. The first-order chi connectivity index (χ1) is 11.9. The number of hydrogen-bond donors (Lipinski definition) is 0. The number of hydrogen-bond acceptors (Lipinski definition) is 3. The van der Waals surface area contributed by atoms with E-state index in [-0.39, 0.29) is 11.5 Å². The molecule has 4 heteroatoms. The zero-order valence-corrected chi connectivity index (χ0v) is 16.1. The second kappa shape index (κ2) is 7.08. The Kier molecular flexibility index (Phi) is 5.21. The second-order valence-electron chi connectivity index (χ2n) is 8.25. The summed E-state index contributed by atoms with van der Waals surface area (Å²) >= 11 is 0. The van der Waals surface area contributed by atoms with Gasteiger partial charge in [0.25, 0.3) is 5.91 Å². The first-order valence-corrected chi connectivity index (χ1v) is 9.59. The van der Waals surface area contributed by atoms with E-state index in [2.05, 4.69) is 49.2 Å². The molecule has 0 N–H and O–H groups in total. The summed E-state index contributed by atoms with van der Waals surface area (Å²) in [5.41, 5.74) is 0.511. The number of likely N-dealkylation sites (N-methyl/N-ethyl adjacent to an activating group) is 1. The molecule has 2 aliphatic rings. The summed E-state index contributed by atoms with van der Waals surface area (Å²) in [5.74, 6) is 0.129. The van der Waals surface area contributed by atoms with Crippen molar-refractivity contribution in [1.82, 2.24) is 9.80 Å². The normalized spacial score (nSPS) is 29.4. The highest BCUT2D eigenvalue weighted by Gasteiger charge is 2.50. The number of ether oxygens (including phenoxy) is 1. The molecule has 0 aromatic heterocycles. The zero-order valence-electron chi connectivity index (χ0n) is 16.1. The van der Waals surface area contributed by atoms with Crippen LogP contribution in [-0.2, 0) is 16.1 Å². The van der Waals surface area contributed by atoms with E-state index in [0.717, 1.165) is 45.3 Å². The minimum Gasteiger partial charge on any atom is -0.357 e. The Hall–Kier alpha value is -1.39. The van der Waals surface area contributed by atoms with E-state index >= 15 is 0 Å². The highest BCUT2D eigenvalue weighted by molar-refractivity contribution is 5.85. The number of carbonyl (C=O) groups excluding carboxylic acids is 1. The molecule has 1 amide bonds. The summed E-state index contributed by atoms with van der Waals surface area (Å²) in [7, 11) is 2.23. The summed E-state index contributed by atoms with van der Waals surface area (Å²) in [5, 5.41) is 0. The third-order valence-corrected chi connectivity index (χ3v) is 5.90. The molecule has 1 heterocycles. The first-order valence-electron chi connectivity index (χ1n) is 9.59. The van der Waals surface area contributed by atoms with E-state index in [9.17, 15) is 4.79 Å². The average Bonchev–Trinajstić information content (AvgIpc) is 2.59. The monoisotopic (exact) mass is 344 g/mol. The topological polar surface area (TPSA) is 32.8 Å². The molecule has 1 saturated carbocycles. The molecular formula is C21H32N2O2. The van der Waals surface area contributed by atoms with E-state index in [1.165, 1.54) is 5.56 Å². The van der Waals surface area contributed by atoms with Gasteiger partial charge in [0.1, 0.15) is 5.60 Å². The quantitative estimate of drug-likeness (QED) is 0.838. The molecule has 0 unspecified atom stereocenters. The fourth-order valence-electron chi connectivity index (χ4n) is 4.50. The predicted molar refractivity (Wildman–Crippen MR) is 100 cm³/mol. The number of amides is 1. The molecule has 2 fully saturated rings.